The van der Waals surface area contributed by atoms with Gasteiger partial charge in [0.05, 0.1) is 22.8 Å². The SMILES string of the molecule is CC(C)n1ncc2cc(C(=O)O[C@H](C)c3nc4ccccc4n3C(F)F)cnc21. The minimum Gasteiger partial charge on any atom is -0.451 e. The van der Waals surface area contributed by atoms with E-state index in [0.29, 0.717) is 16.6 Å². The number of benzene rings is 1. The molecule has 0 spiro atoms. The Morgan fingerprint density at radius 1 is 1.14 bits per heavy atom. The summed E-state index contributed by atoms with van der Waals surface area (Å²) in [6, 6.07) is 8.30. The van der Waals surface area contributed by atoms with Gasteiger partial charge in [-0.1, -0.05) is 12.1 Å². The van der Waals surface area contributed by atoms with E-state index in [9.17, 15) is 13.6 Å². The molecular formula is C20H19F2N5O2. The Bertz CT molecular complexity index is 1200. The van der Waals surface area contributed by atoms with E-state index in [1.165, 1.54) is 13.1 Å². The molecule has 3 heterocycles. The highest BCUT2D eigenvalue weighted by Gasteiger charge is 2.25. The number of rotatable bonds is 5. The van der Waals surface area contributed by atoms with Crippen molar-refractivity contribution in [3.63, 3.8) is 0 Å². The molecule has 9 heteroatoms. The number of carbonyl (C=O) groups excluding carboxylic acids is 1. The van der Waals surface area contributed by atoms with Gasteiger partial charge in [-0.05, 0) is 39.0 Å². The van der Waals surface area contributed by atoms with Gasteiger partial charge in [-0.3, -0.25) is 4.57 Å². The minimum absolute atomic E-state index is 0.0174. The molecule has 0 aliphatic carbocycles. The summed E-state index contributed by atoms with van der Waals surface area (Å²) in [5, 5.41) is 4.96. The smallest absolute Gasteiger partial charge is 0.340 e. The number of imidazole rings is 1. The van der Waals surface area contributed by atoms with Crippen molar-refractivity contribution in [1.29, 1.82) is 0 Å². The second-order valence-corrected chi connectivity index (χ2v) is 6.97. The molecule has 0 saturated carbocycles. The minimum atomic E-state index is -2.81. The van der Waals surface area contributed by atoms with Crippen LogP contribution in [-0.4, -0.2) is 30.3 Å². The number of halogens is 2. The number of nitrogens with zero attached hydrogens (tertiary/aromatic N) is 5. The van der Waals surface area contributed by atoms with Crippen LogP contribution in [0, 0.1) is 0 Å². The fourth-order valence-electron chi connectivity index (χ4n) is 3.27. The van der Waals surface area contributed by atoms with Crippen molar-refractivity contribution in [3.05, 3.63) is 54.1 Å². The molecule has 0 aliphatic rings. The van der Waals surface area contributed by atoms with E-state index in [2.05, 4.69) is 15.1 Å². The molecule has 1 atom stereocenters. The lowest BCUT2D eigenvalue weighted by molar-refractivity contribution is 0.0233. The van der Waals surface area contributed by atoms with Crippen molar-refractivity contribution in [2.75, 3.05) is 0 Å². The van der Waals surface area contributed by atoms with Gasteiger partial charge in [-0.2, -0.15) is 13.9 Å². The third kappa shape index (κ3) is 3.32. The standard InChI is InChI=1S/C20H19F2N5O2/c1-11(2)27-18-13(10-24-27)8-14(9-23-18)19(28)29-12(3)17-25-15-6-4-5-7-16(15)26(17)20(21)22/h4-12,20H,1-3H3/t12-/m1/s1. The fourth-order valence-corrected chi connectivity index (χ4v) is 3.27. The molecular weight excluding hydrogens is 380 g/mol. The summed E-state index contributed by atoms with van der Waals surface area (Å²) in [6.07, 6.45) is 2.05. The molecule has 3 aromatic heterocycles. The summed E-state index contributed by atoms with van der Waals surface area (Å²) in [5.74, 6) is -0.687. The quantitative estimate of drug-likeness (QED) is 0.456. The second kappa shape index (κ2) is 7.23. The number of carbonyl (C=O) groups is 1. The summed E-state index contributed by atoms with van der Waals surface area (Å²) in [4.78, 5) is 21.1. The molecule has 1 aromatic carbocycles. The number of alkyl halides is 2. The Kier molecular flexibility index (Phi) is 4.73. The van der Waals surface area contributed by atoms with E-state index in [1.54, 1.807) is 41.2 Å². The van der Waals surface area contributed by atoms with Crippen LogP contribution in [0.25, 0.3) is 22.1 Å². The Morgan fingerprint density at radius 2 is 1.90 bits per heavy atom. The molecule has 150 valence electrons. The van der Waals surface area contributed by atoms with E-state index in [4.69, 9.17) is 4.74 Å². The molecule has 29 heavy (non-hydrogen) atoms. The molecule has 0 unspecified atom stereocenters. The first-order valence-corrected chi connectivity index (χ1v) is 9.16. The first-order valence-electron chi connectivity index (χ1n) is 9.16. The van der Waals surface area contributed by atoms with Gasteiger partial charge in [0.1, 0.15) is 0 Å². The number of ether oxygens (including phenoxy) is 1. The Balaban J connectivity index is 1.62. The number of aromatic nitrogens is 5. The highest BCUT2D eigenvalue weighted by molar-refractivity contribution is 5.93. The number of hydrogen-bond acceptors (Lipinski definition) is 5. The molecule has 0 bridgehead atoms. The largest absolute Gasteiger partial charge is 0.451 e. The first-order chi connectivity index (χ1) is 13.9. The lowest BCUT2D eigenvalue weighted by Crippen LogP contribution is -2.15. The van der Waals surface area contributed by atoms with Crippen LogP contribution in [0.15, 0.2) is 42.7 Å². The Labute approximate surface area is 164 Å². The van der Waals surface area contributed by atoms with Gasteiger partial charge in [0.15, 0.2) is 17.6 Å². The van der Waals surface area contributed by atoms with Gasteiger partial charge in [0, 0.05) is 17.6 Å². The van der Waals surface area contributed by atoms with Crippen molar-refractivity contribution in [1.82, 2.24) is 24.3 Å². The molecule has 0 amide bonds. The van der Waals surface area contributed by atoms with E-state index in [0.717, 1.165) is 4.57 Å². The topological polar surface area (TPSA) is 74.8 Å². The number of pyridine rings is 1. The highest BCUT2D eigenvalue weighted by atomic mass is 19.3. The molecule has 7 nitrogen and oxygen atoms in total. The fraction of sp³-hybridized carbons (Fsp3) is 0.300. The zero-order chi connectivity index (χ0) is 20.7. The Morgan fingerprint density at radius 3 is 2.62 bits per heavy atom. The van der Waals surface area contributed by atoms with Gasteiger partial charge >= 0.3 is 12.5 Å². The van der Waals surface area contributed by atoms with Crippen molar-refractivity contribution >= 4 is 28.0 Å². The first kappa shape index (κ1) is 19.0. The summed E-state index contributed by atoms with van der Waals surface area (Å²) < 4.78 is 35.2. The van der Waals surface area contributed by atoms with Gasteiger partial charge in [0.2, 0.25) is 0 Å². The number of para-hydroxylation sites is 2. The normalized spacial score (nSPS) is 12.9. The van der Waals surface area contributed by atoms with Crippen LogP contribution in [0.3, 0.4) is 0 Å². The van der Waals surface area contributed by atoms with Gasteiger partial charge in [0.25, 0.3) is 0 Å². The predicted molar refractivity (Wildman–Crippen MR) is 103 cm³/mol. The van der Waals surface area contributed by atoms with Crippen molar-refractivity contribution < 1.29 is 18.3 Å². The number of hydrogen-bond donors (Lipinski definition) is 0. The van der Waals surface area contributed by atoms with Crippen molar-refractivity contribution in [2.24, 2.45) is 0 Å². The zero-order valence-electron chi connectivity index (χ0n) is 16.1. The third-order valence-electron chi connectivity index (χ3n) is 4.62. The average molecular weight is 399 g/mol. The predicted octanol–water partition coefficient (Wildman–Crippen LogP) is 4.68. The van der Waals surface area contributed by atoms with Crippen LogP contribution >= 0.6 is 0 Å². The molecule has 4 aromatic rings. The summed E-state index contributed by atoms with van der Waals surface area (Å²) in [7, 11) is 0. The molecule has 0 radical (unpaired) electrons. The number of esters is 1. The lowest BCUT2D eigenvalue weighted by atomic mass is 10.2. The maximum absolute atomic E-state index is 13.6. The molecule has 4 rings (SSSR count). The van der Waals surface area contributed by atoms with Crippen LogP contribution in [0.4, 0.5) is 8.78 Å². The van der Waals surface area contributed by atoms with E-state index < -0.39 is 18.6 Å². The molecule has 0 aliphatic heterocycles. The highest BCUT2D eigenvalue weighted by Crippen LogP contribution is 2.28. The van der Waals surface area contributed by atoms with Crippen LogP contribution in [0.5, 0.6) is 0 Å². The molecule has 0 N–H and O–H groups in total. The second-order valence-electron chi connectivity index (χ2n) is 6.97. The van der Waals surface area contributed by atoms with Gasteiger partial charge in [-0.15, -0.1) is 0 Å². The van der Waals surface area contributed by atoms with Gasteiger partial charge in [-0.25, -0.2) is 19.4 Å². The molecule has 0 saturated heterocycles. The lowest BCUT2D eigenvalue weighted by Gasteiger charge is -2.15. The van der Waals surface area contributed by atoms with Crippen molar-refractivity contribution in [3.8, 4) is 0 Å². The maximum Gasteiger partial charge on any atom is 0.340 e. The monoisotopic (exact) mass is 399 g/mol. The van der Waals surface area contributed by atoms with Crippen LogP contribution in [-0.2, 0) is 4.74 Å². The van der Waals surface area contributed by atoms with Crippen molar-refractivity contribution in [2.45, 2.75) is 39.5 Å². The third-order valence-corrected chi connectivity index (χ3v) is 4.62. The zero-order valence-corrected chi connectivity index (χ0v) is 16.1. The maximum atomic E-state index is 13.6. The van der Waals surface area contributed by atoms with E-state index >= 15 is 0 Å². The van der Waals surface area contributed by atoms with Crippen LogP contribution < -0.4 is 0 Å². The number of fused-ring (bicyclic) bond motifs is 2. The summed E-state index contributed by atoms with van der Waals surface area (Å²) >= 11 is 0. The molecule has 0 fully saturated rings. The Hall–Kier alpha value is -3.36. The van der Waals surface area contributed by atoms with E-state index in [1.807, 2.05) is 13.8 Å². The van der Waals surface area contributed by atoms with Crippen LogP contribution in [0.2, 0.25) is 0 Å². The van der Waals surface area contributed by atoms with Crippen LogP contribution in [0.1, 0.15) is 55.6 Å². The van der Waals surface area contributed by atoms with Gasteiger partial charge < -0.3 is 4.74 Å². The average Bonchev–Trinajstić information content (AvgIpc) is 3.28. The summed E-state index contributed by atoms with van der Waals surface area (Å²) in [6.45, 7) is 2.67. The summed E-state index contributed by atoms with van der Waals surface area (Å²) in [5.41, 5.74) is 1.57. The van der Waals surface area contributed by atoms with E-state index in [-0.39, 0.29) is 22.9 Å².